The summed E-state index contributed by atoms with van der Waals surface area (Å²) in [6.07, 6.45) is 0. The fourth-order valence-corrected chi connectivity index (χ4v) is 1.65. The smallest absolute Gasteiger partial charge is 0.335 e. The van der Waals surface area contributed by atoms with Crippen molar-refractivity contribution in [3.8, 4) is 0 Å². The molecule has 0 atom stereocenters. The Kier molecular flexibility index (Phi) is 3.66. The van der Waals surface area contributed by atoms with Crippen molar-refractivity contribution in [1.29, 1.82) is 0 Å². The van der Waals surface area contributed by atoms with Gasteiger partial charge in [0, 0.05) is 6.07 Å². The molecule has 0 aromatic heterocycles. The minimum atomic E-state index is -1.13. The number of halogens is 3. The average Bonchev–Trinajstić information content (AvgIpc) is 2.34. The molecular weight excluding hydrogens is 276 g/mol. The summed E-state index contributed by atoms with van der Waals surface area (Å²) in [6.45, 7) is 0. The highest BCUT2D eigenvalue weighted by molar-refractivity contribution is 6.33. The van der Waals surface area contributed by atoms with Crippen LogP contribution in [0.2, 0.25) is 5.02 Å². The van der Waals surface area contributed by atoms with E-state index in [0.717, 1.165) is 12.1 Å². The minimum absolute atomic E-state index is 0.00541. The molecule has 0 amide bonds. The molecule has 0 aliphatic heterocycles. The zero-order valence-electron chi connectivity index (χ0n) is 9.45. The summed E-state index contributed by atoms with van der Waals surface area (Å²) >= 11 is 5.88. The van der Waals surface area contributed by atoms with E-state index in [2.05, 4.69) is 5.32 Å². The molecule has 0 radical (unpaired) electrons. The molecule has 2 aromatic rings. The van der Waals surface area contributed by atoms with Gasteiger partial charge in [-0.15, -0.1) is 0 Å². The summed E-state index contributed by atoms with van der Waals surface area (Å²) in [5.74, 6) is -2.62. The second-order valence-electron chi connectivity index (χ2n) is 3.75. The standard InChI is InChI=1S/C13H8ClF2NO2/c14-9-3-1-7(13(18)19)5-12(9)17-11-4-2-8(15)6-10(11)16/h1-6,17H,(H,18,19). The van der Waals surface area contributed by atoms with Gasteiger partial charge in [0.2, 0.25) is 0 Å². The molecule has 0 aliphatic rings. The van der Waals surface area contributed by atoms with Crippen LogP contribution in [0, 0.1) is 11.6 Å². The van der Waals surface area contributed by atoms with E-state index >= 15 is 0 Å². The second kappa shape index (κ2) is 5.24. The van der Waals surface area contributed by atoms with Gasteiger partial charge >= 0.3 is 5.97 Å². The van der Waals surface area contributed by atoms with Crippen molar-refractivity contribution < 1.29 is 18.7 Å². The third kappa shape index (κ3) is 3.00. The van der Waals surface area contributed by atoms with Gasteiger partial charge in [0.15, 0.2) is 0 Å². The summed E-state index contributed by atoms with van der Waals surface area (Å²) < 4.78 is 26.2. The van der Waals surface area contributed by atoms with Gasteiger partial charge in [-0.3, -0.25) is 0 Å². The van der Waals surface area contributed by atoms with Crippen molar-refractivity contribution in [1.82, 2.24) is 0 Å². The largest absolute Gasteiger partial charge is 0.478 e. The van der Waals surface area contributed by atoms with Gasteiger partial charge in [-0.25, -0.2) is 13.6 Å². The monoisotopic (exact) mass is 283 g/mol. The predicted octanol–water partition coefficient (Wildman–Crippen LogP) is 4.06. The lowest BCUT2D eigenvalue weighted by atomic mass is 10.2. The van der Waals surface area contributed by atoms with Crippen molar-refractivity contribution >= 4 is 28.9 Å². The summed E-state index contributed by atoms with van der Waals surface area (Å²) in [5, 5.41) is 11.7. The van der Waals surface area contributed by atoms with E-state index < -0.39 is 17.6 Å². The van der Waals surface area contributed by atoms with Crippen LogP contribution in [0.15, 0.2) is 36.4 Å². The number of aromatic carboxylic acids is 1. The van der Waals surface area contributed by atoms with Crippen molar-refractivity contribution in [2.24, 2.45) is 0 Å². The topological polar surface area (TPSA) is 49.3 Å². The van der Waals surface area contributed by atoms with Gasteiger partial charge in [0.05, 0.1) is 22.0 Å². The fraction of sp³-hybridized carbons (Fsp3) is 0. The first-order valence-corrected chi connectivity index (χ1v) is 5.60. The van der Waals surface area contributed by atoms with Crippen LogP contribution in [-0.2, 0) is 0 Å². The highest BCUT2D eigenvalue weighted by Crippen LogP contribution is 2.28. The van der Waals surface area contributed by atoms with E-state index in [9.17, 15) is 13.6 Å². The number of nitrogens with one attached hydrogen (secondary N) is 1. The summed E-state index contributed by atoms with van der Waals surface area (Å²) in [7, 11) is 0. The maximum atomic E-state index is 13.5. The Morgan fingerprint density at radius 3 is 2.47 bits per heavy atom. The molecule has 19 heavy (non-hydrogen) atoms. The number of hydrogen-bond acceptors (Lipinski definition) is 2. The molecule has 2 rings (SSSR count). The number of carboxylic acid groups (broad SMARTS) is 1. The summed E-state index contributed by atoms with van der Waals surface area (Å²) in [6, 6.07) is 6.99. The molecule has 6 heteroatoms. The lowest BCUT2D eigenvalue weighted by Crippen LogP contribution is -2.00. The summed E-state index contributed by atoms with van der Waals surface area (Å²) in [4.78, 5) is 10.8. The maximum Gasteiger partial charge on any atom is 0.335 e. The highest BCUT2D eigenvalue weighted by atomic mass is 35.5. The molecule has 2 N–H and O–H groups in total. The molecule has 0 aliphatic carbocycles. The fourth-order valence-electron chi connectivity index (χ4n) is 1.49. The zero-order valence-corrected chi connectivity index (χ0v) is 10.2. The van der Waals surface area contributed by atoms with Crippen LogP contribution >= 0.6 is 11.6 Å². The van der Waals surface area contributed by atoms with Gasteiger partial charge in [0.25, 0.3) is 0 Å². The zero-order chi connectivity index (χ0) is 14.0. The van der Waals surface area contributed by atoms with E-state index in [1.165, 1.54) is 24.3 Å². The van der Waals surface area contributed by atoms with Crippen LogP contribution in [0.5, 0.6) is 0 Å². The van der Waals surface area contributed by atoms with E-state index in [-0.39, 0.29) is 22.0 Å². The van der Waals surface area contributed by atoms with E-state index in [1.807, 2.05) is 0 Å². The average molecular weight is 284 g/mol. The van der Waals surface area contributed by atoms with Gasteiger partial charge < -0.3 is 10.4 Å². The number of carboxylic acids is 1. The number of carbonyl (C=O) groups is 1. The second-order valence-corrected chi connectivity index (χ2v) is 4.16. The molecule has 0 bridgehead atoms. The van der Waals surface area contributed by atoms with Crippen molar-refractivity contribution in [3.05, 3.63) is 58.6 Å². The van der Waals surface area contributed by atoms with E-state index in [4.69, 9.17) is 16.7 Å². The van der Waals surface area contributed by atoms with Gasteiger partial charge in [-0.2, -0.15) is 0 Å². The Labute approximate surface area is 112 Å². The molecule has 0 spiro atoms. The maximum absolute atomic E-state index is 13.5. The predicted molar refractivity (Wildman–Crippen MR) is 68.1 cm³/mol. The van der Waals surface area contributed by atoms with E-state index in [0.29, 0.717) is 0 Å². The first-order valence-electron chi connectivity index (χ1n) is 5.22. The molecule has 98 valence electrons. The van der Waals surface area contributed by atoms with Gasteiger partial charge in [-0.05, 0) is 30.3 Å². The first kappa shape index (κ1) is 13.3. The Morgan fingerprint density at radius 2 is 1.84 bits per heavy atom. The minimum Gasteiger partial charge on any atom is -0.478 e. The normalized spacial score (nSPS) is 10.3. The molecule has 0 unspecified atom stereocenters. The summed E-state index contributed by atoms with van der Waals surface area (Å²) in [5.41, 5.74) is 0.243. The van der Waals surface area contributed by atoms with Crippen molar-refractivity contribution in [2.45, 2.75) is 0 Å². The Balaban J connectivity index is 2.37. The van der Waals surface area contributed by atoms with Crippen LogP contribution in [0.3, 0.4) is 0 Å². The van der Waals surface area contributed by atoms with Gasteiger partial charge in [0.1, 0.15) is 11.6 Å². The van der Waals surface area contributed by atoms with Crippen molar-refractivity contribution in [2.75, 3.05) is 5.32 Å². The van der Waals surface area contributed by atoms with E-state index in [1.54, 1.807) is 0 Å². The molecule has 0 saturated carbocycles. The molecule has 0 fully saturated rings. The van der Waals surface area contributed by atoms with Crippen LogP contribution in [0.4, 0.5) is 20.2 Å². The quantitative estimate of drug-likeness (QED) is 0.893. The number of benzene rings is 2. The molecule has 2 aromatic carbocycles. The van der Waals surface area contributed by atoms with Crippen molar-refractivity contribution in [3.63, 3.8) is 0 Å². The Morgan fingerprint density at radius 1 is 1.11 bits per heavy atom. The Hall–Kier alpha value is -2.14. The third-order valence-electron chi connectivity index (χ3n) is 2.41. The molecule has 0 saturated heterocycles. The number of rotatable bonds is 3. The van der Waals surface area contributed by atoms with Crippen LogP contribution < -0.4 is 5.32 Å². The highest BCUT2D eigenvalue weighted by Gasteiger charge is 2.10. The number of hydrogen-bond donors (Lipinski definition) is 2. The molecule has 3 nitrogen and oxygen atoms in total. The first-order chi connectivity index (χ1) is 8.97. The SMILES string of the molecule is O=C(O)c1ccc(Cl)c(Nc2ccc(F)cc2F)c1. The number of anilines is 2. The van der Waals surface area contributed by atoms with Gasteiger partial charge in [-0.1, -0.05) is 11.6 Å². The van der Waals surface area contributed by atoms with Crippen LogP contribution in [0.25, 0.3) is 0 Å². The molecular formula is C13H8ClF2NO2. The lowest BCUT2D eigenvalue weighted by Gasteiger charge is -2.10. The third-order valence-corrected chi connectivity index (χ3v) is 2.74. The lowest BCUT2D eigenvalue weighted by molar-refractivity contribution is 0.0697. The molecule has 0 heterocycles. The Bertz CT molecular complexity index is 647. The van der Waals surface area contributed by atoms with Crippen LogP contribution in [0.1, 0.15) is 10.4 Å². The van der Waals surface area contributed by atoms with Crippen LogP contribution in [-0.4, -0.2) is 11.1 Å².